The lowest BCUT2D eigenvalue weighted by molar-refractivity contribution is -0.169. The van der Waals surface area contributed by atoms with Gasteiger partial charge in [0.1, 0.15) is 0 Å². The molecule has 0 spiro atoms. The molecule has 4 nitrogen and oxygen atoms in total. The normalized spacial score (nSPS) is 27.5. The molecule has 3 rings (SSSR count). The molecule has 1 aromatic rings. The zero-order chi connectivity index (χ0) is 22.2. The first-order valence-corrected chi connectivity index (χ1v) is 10.0. The van der Waals surface area contributed by atoms with Crippen molar-refractivity contribution in [3.63, 3.8) is 0 Å². The van der Waals surface area contributed by atoms with E-state index in [-0.39, 0.29) is 37.7 Å². The van der Waals surface area contributed by atoms with Gasteiger partial charge in [-0.05, 0) is 32.1 Å². The van der Waals surface area contributed by atoms with E-state index in [1.54, 1.807) is 30.3 Å². The summed E-state index contributed by atoms with van der Waals surface area (Å²) in [6.07, 6.45) is 4.68. The number of benzene rings is 1. The summed E-state index contributed by atoms with van der Waals surface area (Å²) in [6, 6.07) is 8.29. The van der Waals surface area contributed by atoms with E-state index in [4.69, 9.17) is 0 Å². The zero-order valence-electron chi connectivity index (χ0n) is 17.1. The molecule has 0 aromatic heterocycles. The molecule has 1 aromatic carbocycles. The Morgan fingerprint density at radius 1 is 0.833 bits per heavy atom. The van der Waals surface area contributed by atoms with Gasteiger partial charge in [0, 0.05) is 5.56 Å². The van der Waals surface area contributed by atoms with Gasteiger partial charge in [-0.15, -0.1) is 19.7 Å². The van der Waals surface area contributed by atoms with Crippen LogP contribution in [0.4, 0.5) is 0 Å². The Bertz CT molecular complexity index is 956. The first-order valence-electron chi connectivity index (χ1n) is 10.0. The number of carbonyl (C=O) groups is 4. The molecule has 2 fully saturated rings. The van der Waals surface area contributed by atoms with Gasteiger partial charge in [-0.3, -0.25) is 19.2 Å². The Labute approximate surface area is 177 Å². The Balaban J connectivity index is 2.38. The number of fused-ring (bicyclic) bond motifs is 2. The topological polar surface area (TPSA) is 68.3 Å². The van der Waals surface area contributed by atoms with Crippen molar-refractivity contribution < 1.29 is 19.2 Å². The first kappa shape index (κ1) is 21.6. The molecule has 0 amide bonds. The lowest BCUT2D eigenvalue weighted by Gasteiger charge is -2.54. The fourth-order valence-corrected chi connectivity index (χ4v) is 5.34. The van der Waals surface area contributed by atoms with Crippen molar-refractivity contribution in [3.05, 3.63) is 86.0 Å². The van der Waals surface area contributed by atoms with Gasteiger partial charge < -0.3 is 0 Å². The van der Waals surface area contributed by atoms with Gasteiger partial charge in [0.05, 0.1) is 10.8 Å². The second-order valence-corrected chi connectivity index (χ2v) is 8.33. The monoisotopic (exact) mass is 402 g/mol. The van der Waals surface area contributed by atoms with Crippen molar-refractivity contribution in [2.75, 3.05) is 0 Å². The van der Waals surface area contributed by atoms with Gasteiger partial charge in [-0.1, -0.05) is 60.7 Å². The van der Waals surface area contributed by atoms with Crippen molar-refractivity contribution in [2.45, 2.75) is 32.1 Å². The van der Waals surface area contributed by atoms with Crippen LogP contribution in [0.5, 0.6) is 0 Å². The Kier molecular flexibility index (Phi) is 5.46. The van der Waals surface area contributed by atoms with E-state index in [2.05, 4.69) is 26.3 Å². The van der Waals surface area contributed by atoms with Crippen molar-refractivity contribution >= 4 is 23.1 Å². The molecule has 4 heteroatoms. The quantitative estimate of drug-likeness (QED) is 0.361. The standard InChI is InChI=1S/C26H26O4/c1-5-13-24(14-6-2)21(28)25(15-7-3)16-18(4)17-26(22(24)29,23(25)30)20(27)19-11-9-8-10-12-19/h5-12H,1-4,13-17H2. The van der Waals surface area contributed by atoms with Gasteiger partial charge >= 0.3 is 0 Å². The van der Waals surface area contributed by atoms with E-state index in [1.807, 2.05) is 0 Å². The fraction of sp³-hybridized carbons (Fsp3) is 0.308. The van der Waals surface area contributed by atoms with Crippen LogP contribution in [0, 0.1) is 16.2 Å². The van der Waals surface area contributed by atoms with Gasteiger partial charge in [0.2, 0.25) is 0 Å². The lowest BCUT2D eigenvalue weighted by atomic mass is 9.42. The number of Topliss-reactive ketones (excluding diaryl/α,β-unsaturated/α-hetero) is 4. The number of allylic oxidation sites excluding steroid dienone is 4. The maximum absolute atomic E-state index is 14.1. The summed E-state index contributed by atoms with van der Waals surface area (Å²) >= 11 is 0. The van der Waals surface area contributed by atoms with Gasteiger partial charge in [0.25, 0.3) is 0 Å². The van der Waals surface area contributed by atoms with E-state index >= 15 is 0 Å². The minimum atomic E-state index is -1.97. The van der Waals surface area contributed by atoms with Crippen LogP contribution in [0.15, 0.2) is 80.4 Å². The number of rotatable bonds is 8. The predicted molar refractivity (Wildman–Crippen MR) is 116 cm³/mol. The average Bonchev–Trinajstić information content (AvgIpc) is 2.74. The molecule has 0 saturated heterocycles. The number of hydrogen-bond acceptors (Lipinski definition) is 4. The van der Waals surface area contributed by atoms with E-state index in [9.17, 15) is 19.2 Å². The third kappa shape index (κ3) is 2.67. The smallest absolute Gasteiger partial charge is 0.184 e. The summed E-state index contributed by atoms with van der Waals surface area (Å²) in [5.41, 5.74) is -4.23. The minimum absolute atomic E-state index is 0.0408. The largest absolute Gasteiger partial charge is 0.297 e. The summed E-state index contributed by atoms with van der Waals surface area (Å²) in [6.45, 7) is 15.2. The van der Waals surface area contributed by atoms with Crippen LogP contribution in [-0.4, -0.2) is 23.1 Å². The highest BCUT2D eigenvalue weighted by molar-refractivity contribution is 6.41. The van der Waals surface area contributed by atoms with Crippen molar-refractivity contribution in [2.24, 2.45) is 16.2 Å². The van der Waals surface area contributed by atoms with Crippen molar-refractivity contribution in [3.8, 4) is 0 Å². The van der Waals surface area contributed by atoms with E-state index in [0.717, 1.165) is 0 Å². The maximum Gasteiger partial charge on any atom is 0.184 e. The summed E-state index contributed by atoms with van der Waals surface area (Å²) in [4.78, 5) is 55.6. The summed E-state index contributed by atoms with van der Waals surface area (Å²) < 4.78 is 0. The predicted octanol–water partition coefficient (Wildman–Crippen LogP) is 4.63. The van der Waals surface area contributed by atoms with Crippen LogP contribution in [0.25, 0.3) is 0 Å². The molecular formula is C26H26O4. The average molecular weight is 402 g/mol. The third-order valence-electron chi connectivity index (χ3n) is 6.48. The molecule has 2 aliphatic rings. The Morgan fingerprint density at radius 3 is 1.93 bits per heavy atom. The third-order valence-corrected chi connectivity index (χ3v) is 6.48. The fourth-order valence-electron chi connectivity index (χ4n) is 5.34. The molecule has 0 heterocycles. The molecule has 2 bridgehead atoms. The molecule has 2 saturated carbocycles. The molecule has 2 aliphatic carbocycles. The summed E-state index contributed by atoms with van der Waals surface area (Å²) in [5.74, 6) is -2.31. The maximum atomic E-state index is 14.1. The molecular weight excluding hydrogens is 376 g/mol. The van der Waals surface area contributed by atoms with Crippen LogP contribution in [-0.2, 0) is 14.4 Å². The van der Waals surface area contributed by atoms with Crippen LogP contribution in [0.2, 0.25) is 0 Å². The molecule has 0 aliphatic heterocycles. The Morgan fingerprint density at radius 2 is 1.40 bits per heavy atom. The first-order chi connectivity index (χ1) is 14.3. The van der Waals surface area contributed by atoms with Crippen LogP contribution in [0.3, 0.4) is 0 Å². The summed E-state index contributed by atoms with van der Waals surface area (Å²) in [5, 5.41) is 0. The number of ketones is 4. The second-order valence-electron chi connectivity index (χ2n) is 8.33. The van der Waals surface area contributed by atoms with E-state index < -0.39 is 39.4 Å². The van der Waals surface area contributed by atoms with E-state index in [1.165, 1.54) is 18.2 Å². The SMILES string of the molecule is C=CCC1(CC=C)C(=O)C2(CC=C)CC(=C)CC(C(=O)c3ccccc3)(C1=O)C2=O. The zero-order valence-corrected chi connectivity index (χ0v) is 17.1. The number of carbonyl (C=O) groups excluding carboxylic acids is 4. The molecule has 2 atom stereocenters. The highest BCUT2D eigenvalue weighted by atomic mass is 16.2. The number of hydrogen-bond donors (Lipinski definition) is 0. The molecule has 0 N–H and O–H groups in total. The van der Waals surface area contributed by atoms with Crippen LogP contribution >= 0.6 is 0 Å². The van der Waals surface area contributed by atoms with Crippen molar-refractivity contribution in [1.82, 2.24) is 0 Å². The highest BCUT2D eigenvalue weighted by Gasteiger charge is 2.74. The second kappa shape index (κ2) is 7.60. The molecule has 2 unspecified atom stereocenters. The minimum Gasteiger partial charge on any atom is -0.297 e. The van der Waals surface area contributed by atoms with Gasteiger partial charge in [0.15, 0.2) is 28.5 Å². The van der Waals surface area contributed by atoms with Crippen molar-refractivity contribution in [1.29, 1.82) is 0 Å². The van der Waals surface area contributed by atoms with Gasteiger partial charge in [-0.2, -0.15) is 0 Å². The summed E-state index contributed by atoms with van der Waals surface area (Å²) in [7, 11) is 0. The van der Waals surface area contributed by atoms with Gasteiger partial charge in [-0.25, -0.2) is 0 Å². The van der Waals surface area contributed by atoms with Crippen LogP contribution < -0.4 is 0 Å². The molecule has 154 valence electrons. The van der Waals surface area contributed by atoms with Crippen LogP contribution in [0.1, 0.15) is 42.5 Å². The lowest BCUT2D eigenvalue weighted by Crippen LogP contribution is -2.70. The highest BCUT2D eigenvalue weighted by Crippen LogP contribution is 2.60. The Hall–Kier alpha value is -3.14. The molecule has 30 heavy (non-hydrogen) atoms. The van der Waals surface area contributed by atoms with E-state index in [0.29, 0.717) is 5.57 Å². The molecule has 0 radical (unpaired) electrons.